The van der Waals surface area contributed by atoms with Gasteiger partial charge in [0.25, 0.3) is 0 Å². The molecule has 0 amide bonds. The predicted molar refractivity (Wildman–Crippen MR) is 125 cm³/mol. The Kier molecular flexibility index (Phi) is 26.1. The summed E-state index contributed by atoms with van der Waals surface area (Å²) in [7, 11) is 0. The number of aryl methyl sites for hydroxylation is 4. The Labute approximate surface area is 176 Å². The quantitative estimate of drug-likeness (QED) is 0.418. The molecule has 0 spiro atoms. The van der Waals surface area contributed by atoms with Crippen LogP contribution < -0.4 is 0 Å². The number of aldehydes is 1. The molecule has 5 heteroatoms. The second-order valence-electron chi connectivity index (χ2n) is 4.96. The number of nitrogens with zero attached hydrogens (tertiary/aromatic N) is 2. The van der Waals surface area contributed by atoms with Gasteiger partial charge in [0, 0.05) is 28.6 Å². The lowest BCUT2D eigenvalue weighted by Gasteiger charge is -1.90. The van der Waals surface area contributed by atoms with E-state index in [0.29, 0.717) is 6.42 Å². The van der Waals surface area contributed by atoms with Crippen LogP contribution in [0.15, 0.2) is 12.4 Å². The van der Waals surface area contributed by atoms with E-state index in [-0.39, 0.29) is 7.43 Å². The van der Waals surface area contributed by atoms with Crippen molar-refractivity contribution < 1.29 is 4.79 Å². The van der Waals surface area contributed by atoms with Crippen LogP contribution in [0.25, 0.3) is 0 Å². The summed E-state index contributed by atoms with van der Waals surface area (Å²) < 4.78 is 0. The highest BCUT2D eigenvalue weighted by atomic mass is 32.1. The lowest BCUT2D eigenvalue weighted by atomic mass is 10.2. The smallest absolute Gasteiger partial charge is 0.120 e. The van der Waals surface area contributed by atoms with Gasteiger partial charge in [-0.25, -0.2) is 9.97 Å². The monoisotopic (exact) mass is 414 g/mol. The average Bonchev–Trinajstić information content (AvgIpc) is 3.37. The first-order chi connectivity index (χ1) is 12.7. The number of rotatable bonds is 8. The standard InChI is InChI=1S/C9H15NS.C8H11NOS.2C2H6.CH4/c1-3-5-6-8-7-10-9(4-2)11-8;1-2-8-9-6-7(11-8)4-3-5-10;2*1-2;/h7H,3-6H2,1-2H3;5-6H,2-4H2,1H3;2*1-2H3;1H4. The van der Waals surface area contributed by atoms with Crippen LogP contribution in [0, 0.1) is 0 Å². The summed E-state index contributed by atoms with van der Waals surface area (Å²) in [6.07, 6.45) is 12.2. The molecule has 158 valence electrons. The van der Waals surface area contributed by atoms with Crippen molar-refractivity contribution in [3.63, 3.8) is 0 Å². The van der Waals surface area contributed by atoms with Gasteiger partial charge >= 0.3 is 0 Å². The summed E-state index contributed by atoms with van der Waals surface area (Å²) in [5.74, 6) is 0. The fraction of sp³-hybridized carbons (Fsp3) is 0.682. The summed E-state index contributed by atoms with van der Waals surface area (Å²) in [5, 5.41) is 2.43. The molecule has 0 bridgehead atoms. The fourth-order valence-corrected chi connectivity index (χ4v) is 3.59. The van der Waals surface area contributed by atoms with E-state index in [1.165, 1.54) is 34.0 Å². The molecule has 2 rings (SSSR count). The van der Waals surface area contributed by atoms with Crippen molar-refractivity contribution in [1.82, 2.24) is 9.97 Å². The summed E-state index contributed by atoms with van der Waals surface area (Å²) in [5.41, 5.74) is 0. The maximum atomic E-state index is 10.0. The van der Waals surface area contributed by atoms with E-state index < -0.39 is 0 Å². The third-order valence-corrected chi connectivity index (χ3v) is 5.50. The zero-order valence-corrected chi connectivity index (χ0v) is 19.4. The molecule has 0 saturated heterocycles. The first-order valence-corrected chi connectivity index (χ1v) is 11.7. The fourth-order valence-electron chi connectivity index (χ4n) is 1.81. The van der Waals surface area contributed by atoms with Crippen molar-refractivity contribution in [3.8, 4) is 0 Å². The number of aromatic nitrogens is 2. The Bertz CT molecular complexity index is 536. The van der Waals surface area contributed by atoms with Crippen LogP contribution in [0.4, 0.5) is 0 Å². The summed E-state index contributed by atoms with van der Waals surface area (Å²) in [6.45, 7) is 14.5. The van der Waals surface area contributed by atoms with Gasteiger partial charge in [-0.1, -0.05) is 62.3 Å². The maximum Gasteiger partial charge on any atom is 0.120 e. The molecule has 0 atom stereocenters. The number of hydrogen-bond acceptors (Lipinski definition) is 5. The van der Waals surface area contributed by atoms with Crippen molar-refractivity contribution in [2.45, 2.75) is 101 Å². The molecule has 0 radical (unpaired) electrons. The van der Waals surface area contributed by atoms with Gasteiger partial charge in [0.05, 0.1) is 10.0 Å². The molecule has 2 aromatic heterocycles. The Balaban J connectivity index is -0.000000349. The Morgan fingerprint density at radius 1 is 0.852 bits per heavy atom. The Hall–Kier alpha value is -1.07. The van der Waals surface area contributed by atoms with Crippen molar-refractivity contribution >= 4 is 29.0 Å². The normalized spacial score (nSPS) is 8.70. The third kappa shape index (κ3) is 15.7. The van der Waals surface area contributed by atoms with Crippen LogP contribution in [-0.2, 0) is 30.5 Å². The predicted octanol–water partition coefficient (Wildman–Crippen LogP) is 7.57. The SMILES string of the molecule is C.CC.CC.CCCCc1cnc(CC)s1.CCc1ncc(CCC=O)s1. The van der Waals surface area contributed by atoms with E-state index in [4.69, 9.17) is 0 Å². The topological polar surface area (TPSA) is 42.9 Å². The van der Waals surface area contributed by atoms with Crippen LogP contribution in [-0.4, -0.2) is 16.3 Å². The van der Waals surface area contributed by atoms with E-state index in [2.05, 4.69) is 30.7 Å². The second-order valence-corrected chi connectivity index (χ2v) is 7.36. The molecular formula is C22H42N2OS2. The largest absolute Gasteiger partial charge is 0.303 e. The molecule has 0 aliphatic heterocycles. The Morgan fingerprint density at radius 2 is 1.30 bits per heavy atom. The summed E-state index contributed by atoms with van der Waals surface area (Å²) in [6, 6.07) is 0. The molecule has 0 aromatic carbocycles. The van der Waals surface area contributed by atoms with Crippen LogP contribution in [0.1, 0.15) is 94.9 Å². The van der Waals surface area contributed by atoms with Crippen molar-refractivity contribution in [3.05, 3.63) is 32.2 Å². The molecule has 0 unspecified atom stereocenters. The zero-order valence-electron chi connectivity index (χ0n) is 17.8. The minimum Gasteiger partial charge on any atom is -0.303 e. The molecule has 3 nitrogen and oxygen atoms in total. The zero-order chi connectivity index (χ0) is 20.2. The van der Waals surface area contributed by atoms with Gasteiger partial charge in [0.1, 0.15) is 6.29 Å². The highest BCUT2D eigenvalue weighted by molar-refractivity contribution is 7.11. The average molecular weight is 415 g/mol. The van der Waals surface area contributed by atoms with Gasteiger partial charge in [-0.2, -0.15) is 0 Å². The lowest BCUT2D eigenvalue weighted by molar-refractivity contribution is -0.107. The van der Waals surface area contributed by atoms with Gasteiger partial charge in [0.15, 0.2) is 0 Å². The number of unbranched alkanes of at least 4 members (excludes halogenated alkanes) is 1. The lowest BCUT2D eigenvalue weighted by Crippen LogP contribution is -1.79. The van der Waals surface area contributed by atoms with Gasteiger partial charge < -0.3 is 4.79 Å². The molecule has 0 aliphatic carbocycles. The van der Waals surface area contributed by atoms with Crippen molar-refractivity contribution in [2.75, 3.05) is 0 Å². The van der Waals surface area contributed by atoms with Gasteiger partial charge in [-0.05, 0) is 32.1 Å². The molecule has 27 heavy (non-hydrogen) atoms. The number of carbonyl (C=O) groups is 1. The number of thiazole rings is 2. The summed E-state index contributed by atoms with van der Waals surface area (Å²) >= 11 is 3.56. The third-order valence-electron chi connectivity index (χ3n) is 3.09. The van der Waals surface area contributed by atoms with E-state index in [1.54, 1.807) is 11.3 Å². The first kappa shape index (κ1) is 30.7. The molecular weight excluding hydrogens is 372 g/mol. The molecule has 2 aromatic rings. The van der Waals surface area contributed by atoms with E-state index in [0.717, 1.165) is 30.6 Å². The highest BCUT2D eigenvalue weighted by Gasteiger charge is 1.99. The van der Waals surface area contributed by atoms with Crippen molar-refractivity contribution in [2.24, 2.45) is 0 Å². The minimum absolute atomic E-state index is 0. The van der Waals surface area contributed by atoms with Crippen LogP contribution in [0.5, 0.6) is 0 Å². The molecule has 0 fully saturated rings. The van der Waals surface area contributed by atoms with Gasteiger partial charge in [-0.15, -0.1) is 22.7 Å². The van der Waals surface area contributed by atoms with E-state index in [1.807, 2.05) is 51.4 Å². The molecule has 0 N–H and O–H groups in total. The van der Waals surface area contributed by atoms with Crippen LogP contribution in [0.2, 0.25) is 0 Å². The van der Waals surface area contributed by atoms with Gasteiger partial charge in [0.2, 0.25) is 0 Å². The van der Waals surface area contributed by atoms with E-state index in [9.17, 15) is 4.79 Å². The Morgan fingerprint density at radius 3 is 1.63 bits per heavy atom. The van der Waals surface area contributed by atoms with E-state index >= 15 is 0 Å². The summed E-state index contributed by atoms with van der Waals surface area (Å²) in [4.78, 5) is 21.2. The molecule has 2 heterocycles. The van der Waals surface area contributed by atoms with Crippen molar-refractivity contribution in [1.29, 1.82) is 0 Å². The second kappa shape index (κ2) is 23.0. The number of hydrogen-bond donors (Lipinski definition) is 0. The molecule has 0 aliphatic rings. The first-order valence-electron chi connectivity index (χ1n) is 10.0. The maximum absolute atomic E-state index is 10.0. The van der Waals surface area contributed by atoms with Crippen LogP contribution >= 0.6 is 22.7 Å². The molecule has 0 saturated carbocycles. The van der Waals surface area contributed by atoms with Gasteiger partial charge in [-0.3, -0.25) is 0 Å². The van der Waals surface area contributed by atoms with Crippen LogP contribution in [0.3, 0.4) is 0 Å². The number of carbonyl (C=O) groups excluding carboxylic acids is 1. The minimum atomic E-state index is 0. The highest BCUT2D eigenvalue weighted by Crippen LogP contribution is 2.15.